The number of benzene rings is 2. The number of nitrogens with zero attached hydrogens (tertiary/aromatic N) is 1. The molecule has 0 saturated heterocycles. The Balaban J connectivity index is 1.69. The van der Waals surface area contributed by atoms with E-state index < -0.39 is 0 Å². The van der Waals surface area contributed by atoms with Gasteiger partial charge in [-0.15, -0.1) is 0 Å². The van der Waals surface area contributed by atoms with E-state index in [1.165, 1.54) is 0 Å². The van der Waals surface area contributed by atoms with Crippen LogP contribution in [0.1, 0.15) is 35.5 Å². The quantitative estimate of drug-likeness (QED) is 0.691. The lowest BCUT2D eigenvalue weighted by Gasteiger charge is -2.14. The van der Waals surface area contributed by atoms with Gasteiger partial charge in [0.05, 0.1) is 36.2 Å². The van der Waals surface area contributed by atoms with E-state index in [2.05, 4.69) is 10.3 Å². The number of aryl methyl sites for hydroxylation is 1. The SMILES string of the molecule is CCOc1cc2c(cc1NC(=O)c1cc3cc(OC)ccc3nc1C)OC(C)C2. The molecule has 3 aromatic rings. The molecule has 0 spiro atoms. The lowest BCUT2D eigenvalue weighted by Crippen LogP contribution is -2.15. The van der Waals surface area contributed by atoms with E-state index in [1.807, 2.05) is 57.2 Å². The predicted molar refractivity (Wildman–Crippen MR) is 112 cm³/mol. The Labute approximate surface area is 169 Å². The zero-order chi connectivity index (χ0) is 20.5. The summed E-state index contributed by atoms with van der Waals surface area (Å²) in [6, 6.07) is 11.2. The van der Waals surface area contributed by atoms with Gasteiger partial charge < -0.3 is 19.5 Å². The number of fused-ring (bicyclic) bond motifs is 2. The fourth-order valence-corrected chi connectivity index (χ4v) is 3.61. The van der Waals surface area contributed by atoms with Crippen molar-refractivity contribution in [3.8, 4) is 17.2 Å². The summed E-state index contributed by atoms with van der Waals surface area (Å²) in [5.74, 6) is 1.91. The Hall–Kier alpha value is -3.28. The minimum atomic E-state index is -0.244. The van der Waals surface area contributed by atoms with E-state index in [9.17, 15) is 4.79 Å². The molecule has 0 saturated carbocycles. The van der Waals surface area contributed by atoms with Crippen molar-refractivity contribution >= 4 is 22.5 Å². The number of ether oxygens (including phenoxy) is 3. The van der Waals surface area contributed by atoms with Gasteiger partial charge in [0.15, 0.2) is 0 Å². The zero-order valence-corrected chi connectivity index (χ0v) is 17.0. The van der Waals surface area contributed by atoms with Gasteiger partial charge in [-0.3, -0.25) is 9.78 Å². The summed E-state index contributed by atoms with van der Waals surface area (Å²) in [4.78, 5) is 17.6. The monoisotopic (exact) mass is 392 g/mol. The maximum Gasteiger partial charge on any atom is 0.257 e. The minimum Gasteiger partial charge on any atom is -0.497 e. The van der Waals surface area contributed by atoms with Gasteiger partial charge >= 0.3 is 0 Å². The number of rotatable bonds is 5. The Bertz CT molecular complexity index is 1090. The molecule has 2 aromatic carbocycles. The standard InChI is InChI=1S/C23H24N2O4/c1-5-28-22-11-16-8-13(2)29-21(16)12-20(22)25-23(26)18-10-15-9-17(27-4)6-7-19(15)24-14(18)3/h6-7,9-13H,5,8H2,1-4H3,(H,25,26). The van der Waals surface area contributed by atoms with Crippen LogP contribution in [-0.2, 0) is 6.42 Å². The topological polar surface area (TPSA) is 69.7 Å². The lowest BCUT2D eigenvalue weighted by atomic mass is 10.1. The molecule has 1 aliphatic rings. The highest BCUT2D eigenvalue weighted by Gasteiger charge is 2.23. The number of anilines is 1. The molecule has 1 aliphatic heterocycles. The smallest absolute Gasteiger partial charge is 0.257 e. The zero-order valence-electron chi connectivity index (χ0n) is 17.0. The summed E-state index contributed by atoms with van der Waals surface area (Å²) in [6.07, 6.45) is 0.950. The van der Waals surface area contributed by atoms with Crippen LogP contribution in [0.4, 0.5) is 5.69 Å². The van der Waals surface area contributed by atoms with Crippen molar-refractivity contribution in [2.24, 2.45) is 0 Å². The average Bonchev–Trinajstić information content (AvgIpc) is 3.06. The number of carbonyl (C=O) groups excluding carboxylic acids is 1. The molecule has 1 atom stereocenters. The Kier molecular flexibility index (Phi) is 5.01. The highest BCUT2D eigenvalue weighted by atomic mass is 16.5. The Morgan fingerprint density at radius 2 is 2.10 bits per heavy atom. The number of aromatic nitrogens is 1. The van der Waals surface area contributed by atoms with Gasteiger partial charge in [0.1, 0.15) is 23.4 Å². The molecular formula is C23H24N2O4. The molecule has 0 aliphatic carbocycles. The molecule has 29 heavy (non-hydrogen) atoms. The van der Waals surface area contributed by atoms with E-state index in [0.29, 0.717) is 29.3 Å². The normalized spacial score (nSPS) is 15.0. The van der Waals surface area contributed by atoms with Crippen molar-refractivity contribution in [3.63, 3.8) is 0 Å². The summed E-state index contributed by atoms with van der Waals surface area (Å²) in [6.45, 7) is 6.28. The first kappa shape index (κ1) is 19.1. The highest BCUT2D eigenvalue weighted by Crippen LogP contribution is 2.38. The van der Waals surface area contributed by atoms with E-state index in [-0.39, 0.29) is 12.0 Å². The van der Waals surface area contributed by atoms with Crippen molar-refractivity contribution in [1.82, 2.24) is 4.98 Å². The van der Waals surface area contributed by atoms with E-state index in [0.717, 1.165) is 34.4 Å². The van der Waals surface area contributed by atoms with Gasteiger partial charge in [-0.25, -0.2) is 0 Å². The summed E-state index contributed by atoms with van der Waals surface area (Å²) in [7, 11) is 1.61. The van der Waals surface area contributed by atoms with Crippen LogP contribution in [0, 0.1) is 6.92 Å². The number of hydrogen-bond donors (Lipinski definition) is 1. The van der Waals surface area contributed by atoms with Crippen LogP contribution in [0.2, 0.25) is 0 Å². The van der Waals surface area contributed by atoms with Crippen molar-refractivity contribution in [2.75, 3.05) is 19.0 Å². The van der Waals surface area contributed by atoms with Gasteiger partial charge in [0, 0.05) is 23.4 Å². The van der Waals surface area contributed by atoms with Crippen LogP contribution in [0.3, 0.4) is 0 Å². The number of carbonyl (C=O) groups is 1. The van der Waals surface area contributed by atoms with Crippen LogP contribution < -0.4 is 19.5 Å². The van der Waals surface area contributed by atoms with E-state index in [1.54, 1.807) is 7.11 Å². The molecule has 1 amide bonds. The van der Waals surface area contributed by atoms with Crippen molar-refractivity contribution in [2.45, 2.75) is 33.3 Å². The summed E-state index contributed by atoms with van der Waals surface area (Å²) in [5.41, 5.74) is 3.66. The Morgan fingerprint density at radius 3 is 2.86 bits per heavy atom. The first-order valence-corrected chi connectivity index (χ1v) is 9.71. The molecule has 4 rings (SSSR count). The molecule has 0 fully saturated rings. The second kappa shape index (κ2) is 7.62. The number of amides is 1. The maximum absolute atomic E-state index is 13.1. The van der Waals surface area contributed by atoms with Crippen molar-refractivity contribution in [1.29, 1.82) is 0 Å². The second-order valence-electron chi connectivity index (χ2n) is 7.16. The molecule has 1 N–H and O–H groups in total. The molecule has 0 bridgehead atoms. The summed E-state index contributed by atoms with van der Waals surface area (Å²) < 4.78 is 16.9. The predicted octanol–water partition coefficient (Wildman–Crippen LogP) is 4.53. The van der Waals surface area contributed by atoms with Crippen LogP contribution >= 0.6 is 0 Å². The van der Waals surface area contributed by atoms with E-state index in [4.69, 9.17) is 14.2 Å². The van der Waals surface area contributed by atoms with Crippen LogP contribution in [0.5, 0.6) is 17.2 Å². The molecule has 2 heterocycles. The van der Waals surface area contributed by atoms with Gasteiger partial charge in [0.2, 0.25) is 0 Å². The largest absolute Gasteiger partial charge is 0.497 e. The summed E-state index contributed by atoms with van der Waals surface area (Å²) in [5, 5.41) is 3.82. The van der Waals surface area contributed by atoms with Crippen LogP contribution in [0.25, 0.3) is 10.9 Å². The fourth-order valence-electron chi connectivity index (χ4n) is 3.61. The molecule has 1 unspecified atom stereocenters. The van der Waals surface area contributed by atoms with Gasteiger partial charge in [0.25, 0.3) is 5.91 Å². The van der Waals surface area contributed by atoms with Crippen molar-refractivity contribution < 1.29 is 19.0 Å². The number of pyridine rings is 1. The van der Waals surface area contributed by atoms with Gasteiger partial charge in [-0.2, -0.15) is 0 Å². The molecule has 150 valence electrons. The minimum absolute atomic E-state index is 0.118. The highest BCUT2D eigenvalue weighted by molar-refractivity contribution is 6.07. The van der Waals surface area contributed by atoms with Crippen LogP contribution in [0.15, 0.2) is 36.4 Å². The third-order valence-electron chi connectivity index (χ3n) is 5.00. The number of methoxy groups -OCH3 is 1. The first-order chi connectivity index (χ1) is 14.0. The maximum atomic E-state index is 13.1. The molecule has 0 radical (unpaired) electrons. The fraction of sp³-hybridized carbons (Fsp3) is 0.304. The van der Waals surface area contributed by atoms with Crippen LogP contribution in [-0.4, -0.2) is 30.7 Å². The third-order valence-corrected chi connectivity index (χ3v) is 5.00. The number of hydrogen-bond acceptors (Lipinski definition) is 5. The first-order valence-electron chi connectivity index (χ1n) is 9.71. The Morgan fingerprint density at radius 1 is 1.28 bits per heavy atom. The number of nitrogens with one attached hydrogen (secondary N) is 1. The van der Waals surface area contributed by atoms with Gasteiger partial charge in [-0.1, -0.05) is 0 Å². The molecule has 6 nitrogen and oxygen atoms in total. The molecular weight excluding hydrogens is 368 g/mol. The summed E-state index contributed by atoms with van der Waals surface area (Å²) >= 11 is 0. The molecule has 1 aromatic heterocycles. The average molecular weight is 392 g/mol. The lowest BCUT2D eigenvalue weighted by molar-refractivity contribution is 0.102. The van der Waals surface area contributed by atoms with Gasteiger partial charge in [-0.05, 0) is 51.1 Å². The second-order valence-corrected chi connectivity index (χ2v) is 7.16. The van der Waals surface area contributed by atoms with Crippen molar-refractivity contribution in [3.05, 3.63) is 53.2 Å². The third kappa shape index (κ3) is 3.70. The van der Waals surface area contributed by atoms with E-state index >= 15 is 0 Å². The molecule has 6 heteroatoms.